The lowest BCUT2D eigenvalue weighted by Crippen LogP contribution is -2.30. The van der Waals surface area contributed by atoms with Crippen LogP contribution in [0, 0.1) is 17.0 Å². The Kier molecular flexibility index (Phi) is 7.50. The summed E-state index contributed by atoms with van der Waals surface area (Å²) < 4.78 is 4.65. The molecular formula is C25H21N3O6. The van der Waals surface area contributed by atoms with Crippen molar-refractivity contribution in [1.82, 2.24) is 5.32 Å². The van der Waals surface area contributed by atoms with Gasteiger partial charge in [-0.25, -0.2) is 4.79 Å². The summed E-state index contributed by atoms with van der Waals surface area (Å²) in [4.78, 5) is 47.8. The Labute approximate surface area is 195 Å². The fourth-order valence-electron chi connectivity index (χ4n) is 3.00. The molecule has 0 bridgehead atoms. The van der Waals surface area contributed by atoms with Crippen LogP contribution in [0.2, 0.25) is 0 Å². The lowest BCUT2D eigenvalue weighted by atomic mass is 10.1. The van der Waals surface area contributed by atoms with Gasteiger partial charge in [0.2, 0.25) is 0 Å². The average molecular weight is 459 g/mol. The quantitative estimate of drug-likeness (QED) is 0.237. The summed E-state index contributed by atoms with van der Waals surface area (Å²) in [5, 5.41) is 16.2. The SMILES string of the molecule is COC(=O)c1ccc(NC(=O)C(=Cc2ccc([N+](=O)[O-])cc2)NC(=O)c2cccc(C)c2)cc1. The topological polar surface area (TPSA) is 128 Å². The maximum Gasteiger partial charge on any atom is 0.337 e. The normalized spacial score (nSPS) is 10.8. The van der Waals surface area contributed by atoms with E-state index in [1.807, 2.05) is 13.0 Å². The molecule has 0 atom stereocenters. The molecule has 172 valence electrons. The first kappa shape index (κ1) is 23.9. The van der Waals surface area contributed by atoms with Crippen LogP contribution < -0.4 is 10.6 Å². The van der Waals surface area contributed by atoms with Crippen LogP contribution in [0.1, 0.15) is 31.8 Å². The minimum absolute atomic E-state index is 0.0718. The van der Waals surface area contributed by atoms with Gasteiger partial charge in [-0.2, -0.15) is 0 Å². The molecule has 34 heavy (non-hydrogen) atoms. The summed E-state index contributed by atoms with van der Waals surface area (Å²) in [6.07, 6.45) is 1.41. The molecule has 2 amide bonds. The molecule has 0 fully saturated rings. The van der Waals surface area contributed by atoms with Gasteiger partial charge in [-0.3, -0.25) is 19.7 Å². The molecule has 0 aliphatic carbocycles. The van der Waals surface area contributed by atoms with Gasteiger partial charge in [0.15, 0.2) is 0 Å². The summed E-state index contributed by atoms with van der Waals surface area (Å²) in [5.41, 5.74) is 2.25. The second kappa shape index (κ2) is 10.7. The number of benzene rings is 3. The summed E-state index contributed by atoms with van der Waals surface area (Å²) >= 11 is 0. The van der Waals surface area contributed by atoms with Gasteiger partial charge >= 0.3 is 5.97 Å². The van der Waals surface area contributed by atoms with E-state index < -0.39 is 22.7 Å². The van der Waals surface area contributed by atoms with Crippen molar-refractivity contribution in [1.29, 1.82) is 0 Å². The largest absolute Gasteiger partial charge is 0.465 e. The number of hydrogen-bond acceptors (Lipinski definition) is 6. The number of rotatable bonds is 7. The predicted octanol–water partition coefficient (Wildman–Crippen LogP) is 4.10. The van der Waals surface area contributed by atoms with E-state index in [1.54, 1.807) is 18.2 Å². The zero-order valence-corrected chi connectivity index (χ0v) is 18.4. The predicted molar refractivity (Wildman–Crippen MR) is 126 cm³/mol. The first-order valence-electron chi connectivity index (χ1n) is 10.1. The lowest BCUT2D eigenvalue weighted by molar-refractivity contribution is -0.384. The molecule has 0 aromatic heterocycles. The lowest BCUT2D eigenvalue weighted by Gasteiger charge is -2.12. The second-order valence-electron chi connectivity index (χ2n) is 7.25. The third-order valence-corrected chi connectivity index (χ3v) is 4.75. The number of nitro groups is 1. The molecule has 0 saturated heterocycles. The van der Waals surface area contributed by atoms with Crippen molar-refractivity contribution >= 4 is 35.2 Å². The maximum atomic E-state index is 13.0. The average Bonchev–Trinajstić information content (AvgIpc) is 2.83. The third kappa shape index (κ3) is 6.13. The molecule has 9 heteroatoms. The highest BCUT2D eigenvalue weighted by Gasteiger charge is 2.16. The van der Waals surface area contributed by atoms with Crippen molar-refractivity contribution in [3.8, 4) is 0 Å². The molecular weight excluding hydrogens is 438 g/mol. The Morgan fingerprint density at radius 3 is 2.21 bits per heavy atom. The number of nitrogens with one attached hydrogen (secondary N) is 2. The van der Waals surface area contributed by atoms with Crippen LogP contribution in [0.4, 0.5) is 11.4 Å². The summed E-state index contributed by atoms with van der Waals surface area (Å²) in [7, 11) is 1.27. The maximum absolute atomic E-state index is 13.0. The molecule has 3 aromatic carbocycles. The van der Waals surface area contributed by atoms with E-state index in [0.29, 0.717) is 22.4 Å². The summed E-state index contributed by atoms with van der Waals surface area (Å²) in [6, 6.07) is 18.4. The molecule has 0 saturated carbocycles. The number of hydrogen-bond donors (Lipinski definition) is 2. The van der Waals surface area contributed by atoms with Crippen LogP contribution in [-0.2, 0) is 9.53 Å². The van der Waals surface area contributed by atoms with Gasteiger partial charge in [-0.1, -0.05) is 17.7 Å². The minimum Gasteiger partial charge on any atom is -0.465 e. The Hall–Kier alpha value is -4.79. The zero-order valence-electron chi connectivity index (χ0n) is 18.4. The monoisotopic (exact) mass is 459 g/mol. The van der Waals surface area contributed by atoms with Gasteiger partial charge in [0.05, 0.1) is 17.6 Å². The van der Waals surface area contributed by atoms with E-state index in [4.69, 9.17) is 0 Å². The Morgan fingerprint density at radius 1 is 0.941 bits per heavy atom. The number of carbonyl (C=O) groups is 3. The highest BCUT2D eigenvalue weighted by molar-refractivity contribution is 6.10. The van der Waals surface area contributed by atoms with Gasteiger partial charge in [0, 0.05) is 23.4 Å². The van der Waals surface area contributed by atoms with Crippen LogP contribution in [0.3, 0.4) is 0 Å². The Bertz CT molecular complexity index is 1260. The summed E-state index contributed by atoms with van der Waals surface area (Å²) in [6.45, 7) is 1.84. The van der Waals surface area contributed by atoms with Gasteiger partial charge in [0.1, 0.15) is 5.70 Å². The van der Waals surface area contributed by atoms with Crippen molar-refractivity contribution in [2.24, 2.45) is 0 Å². The number of nitro benzene ring substituents is 1. The number of nitrogens with zero attached hydrogens (tertiary/aromatic N) is 1. The van der Waals surface area contributed by atoms with Crippen molar-refractivity contribution in [3.63, 3.8) is 0 Å². The number of esters is 1. The number of carbonyl (C=O) groups excluding carboxylic acids is 3. The van der Waals surface area contributed by atoms with Crippen molar-refractivity contribution in [2.75, 3.05) is 12.4 Å². The van der Waals surface area contributed by atoms with Crippen LogP contribution in [0.5, 0.6) is 0 Å². The molecule has 0 spiro atoms. The van der Waals surface area contributed by atoms with Crippen molar-refractivity contribution < 1.29 is 24.0 Å². The van der Waals surface area contributed by atoms with E-state index in [9.17, 15) is 24.5 Å². The zero-order chi connectivity index (χ0) is 24.7. The van der Waals surface area contributed by atoms with Crippen LogP contribution in [0.25, 0.3) is 6.08 Å². The Morgan fingerprint density at radius 2 is 1.62 bits per heavy atom. The molecule has 0 heterocycles. The van der Waals surface area contributed by atoms with Gasteiger partial charge in [-0.05, 0) is 67.1 Å². The van der Waals surface area contributed by atoms with Crippen LogP contribution in [-0.4, -0.2) is 29.8 Å². The molecule has 9 nitrogen and oxygen atoms in total. The molecule has 0 aliphatic heterocycles. The first-order valence-corrected chi connectivity index (χ1v) is 10.1. The van der Waals surface area contributed by atoms with Gasteiger partial charge < -0.3 is 15.4 Å². The van der Waals surface area contributed by atoms with E-state index in [-0.39, 0.29) is 11.4 Å². The number of aryl methyl sites for hydroxylation is 1. The van der Waals surface area contributed by atoms with Crippen LogP contribution in [0.15, 0.2) is 78.5 Å². The highest BCUT2D eigenvalue weighted by Crippen LogP contribution is 2.16. The van der Waals surface area contributed by atoms with E-state index in [1.165, 1.54) is 61.7 Å². The first-order chi connectivity index (χ1) is 16.3. The van der Waals surface area contributed by atoms with Gasteiger partial charge in [-0.15, -0.1) is 0 Å². The number of anilines is 1. The van der Waals surface area contributed by atoms with E-state index in [2.05, 4.69) is 15.4 Å². The minimum atomic E-state index is -0.620. The van der Waals surface area contributed by atoms with E-state index >= 15 is 0 Å². The number of ether oxygens (including phenoxy) is 1. The molecule has 3 rings (SSSR count). The molecule has 0 unspecified atom stereocenters. The van der Waals surface area contributed by atoms with Crippen molar-refractivity contribution in [2.45, 2.75) is 6.92 Å². The summed E-state index contributed by atoms with van der Waals surface area (Å²) in [5.74, 6) is -1.62. The second-order valence-corrected chi connectivity index (χ2v) is 7.25. The van der Waals surface area contributed by atoms with E-state index in [0.717, 1.165) is 5.56 Å². The van der Waals surface area contributed by atoms with Crippen LogP contribution >= 0.6 is 0 Å². The number of amides is 2. The smallest absolute Gasteiger partial charge is 0.337 e. The molecule has 3 aromatic rings. The van der Waals surface area contributed by atoms with Crippen molar-refractivity contribution in [3.05, 3.63) is 111 Å². The molecule has 0 aliphatic rings. The fourth-order valence-corrected chi connectivity index (χ4v) is 3.00. The fraction of sp³-hybridized carbons (Fsp3) is 0.0800. The number of non-ortho nitro benzene ring substituents is 1. The third-order valence-electron chi connectivity index (χ3n) is 4.75. The van der Waals surface area contributed by atoms with Gasteiger partial charge in [0.25, 0.3) is 17.5 Å². The molecule has 2 N–H and O–H groups in total. The number of methoxy groups -OCH3 is 1. The Balaban J connectivity index is 1.88. The highest BCUT2D eigenvalue weighted by atomic mass is 16.6. The standard InChI is InChI=1S/C25H21N3O6/c1-16-4-3-5-19(14-16)23(29)27-22(15-17-6-12-21(13-7-17)28(32)33)24(30)26-20-10-8-18(9-11-20)25(31)34-2/h3-15H,1-2H3,(H,26,30)(H,27,29). The molecule has 0 radical (unpaired) electrons.